The van der Waals surface area contributed by atoms with E-state index < -0.39 is 5.91 Å². The molecule has 3 N–H and O–H groups in total. The van der Waals surface area contributed by atoms with E-state index in [0.717, 1.165) is 10.0 Å². The second-order valence-electron chi connectivity index (χ2n) is 4.76. The van der Waals surface area contributed by atoms with E-state index in [9.17, 15) is 15.0 Å². The van der Waals surface area contributed by atoms with Crippen LogP contribution in [-0.4, -0.2) is 28.9 Å². The largest absolute Gasteiger partial charge is 0.508 e. The third-order valence-corrected chi connectivity index (χ3v) is 3.47. The molecule has 2 aromatic carbocycles. The molecule has 0 aliphatic carbocycles. The fourth-order valence-corrected chi connectivity index (χ4v) is 2.32. The Kier molecular flexibility index (Phi) is 5.59. The van der Waals surface area contributed by atoms with Crippen LogP contribution < -0.4 is 10.2 Å². The molecule has 0 fully saturated rings. The van der Waals surface area contributed by atoms with E-state index in [1.54, 1.807) is 6.07 Å². The van der Waals surface area contributed by atoms with Crippen LogP contribution in [-0.2, 0) is 4.79 Å². The van der Waals surface area contributed by atoms with Crippen molar-refractivity contribution in [2.75, 3.05) is 6.61 Å². The molecule has 0 aliphatic rings. The lowest BCUT2D eigenvalue weighted by atomic mass is 10.2. The molecule has 7 heteroatoms. The van der Waals surface area contributed by atoms with Crippen LogP contribution in [0.2, 0.25) is 0 Å². The third-order valence-electron chi connectivity index (χ3n) is 2.85. The molecule has 0 aliphatic heterocycles. The highest BCUT2D eigenvalue weighted by atomic mass is 79.9. The fourth-order valence-electron chi connectivity index (χ4n) is 1.71. The molecule has 2 aromatic rings. The van der Waals surface area contributed by atoms with Gasteiger partial charge < -0.3 is 14.9 Å². The number of hydrazone groups is 1. The Morgan fingerprint density at radius 3 is 2.78 bits per heavy atom. The van der Waals surface area contributed by atoms with Crippen molar-refractivity contribution in [3.8, 4) is 17.2 Å². The van der Waals surface area contributed by atoms with Gasteiger partial charge in [-0.25, -0.2) is 5.43 Å². The quantitative estimate of drug-likeness (QED) is 0.550. The predicted molar refractivity (Wildman–Crippen MR) is 89.9 cm³/mol. The van der Waals surface area contributed by atoms with Gasteiger partial charge in [-0.2, -0.15) is 5.10 Å². The molecule has 120 valence electrons. The van der Waals surface area contributed by atoms with Crippen molar-refractivity contribution in [3.05, 3.63) is 52.0 Å². The molecule has 0 saturated carbocycles. The van der Waals surface area contributed by atoms with Crippen LogP contribution in [0.25, 0.3) is 0 Å². The van der Waals surface area contributed by atoms with Gasteiger partial charge in [-0.05, 0) is 52.7 Å². The summed E-state index contributed by atoms with van der Waals surface area (Å²) < 4.78 is 6.15. The Bertz CT molecular complexity index is 747. The molecule has 0 heterocycles. The standard InChI is InChI=1S/C16H15BrN2O4/c1-10-2-5-15(13(17)6-10)23-9-16(22)19-18-8-11-3-4-12(20)7-14(11)21/h2-8,20-21H,9H2,1H3,(H,19,22)/b18-8-. The maximum absolute atomic E-state index is 11.7. The summed E-state index contributed by atoms with van der Waals surface area (Å²) in [6.45, 7) is 1.76. The first kappa shape index (κ1) is 16.8. The number of rotatable bonds is 5. The lowest BCUT2D eigenvalue weighted by Crippen LogP contribution is -2.24. The number of ether oxygens (including phenoxy) is 1. The summed E-state index contributed by atoms with van der Waals surface area (Å²) in [5.41, 5.74) is 3.73. The number of halogens is 1. The minimum atomic E-state index is -0.438. The summed E-state index contributed by atoms with van der Waals surface area (Å²) in [6.07, 6.45) is 1.27. The lowest BCUT2D eigenvalue weighted by Gasteiger charge is -2.07. The highest BCUT2D eigenvalue weighted by molar-refractivity contribution is 9.10. The average molecular weight is 379 g/mol. The zero-order chi connectivity index (χ0) is 16.8. The van der Waals surface area contributed by atoms with Crippen molar-refractivity contribution in [1.82, 2.24) is 5.43 Å². The van der Waals surface area contributed by atoms with Gasteiger partial charge in [0, 0.05) is 11.6 Å². The summed E-state index contributed by atoms with van der Waals surface area (Å²) in [6, 6.07) is 9.59. The normalized spacial score (nSPS) is 10.7. The molecule has 0 radical (unpaired) electrons. The smallest absolute Gasteiger partial charge is 0.277 e. The Hall–Kier alpha value is -2.54. The van der Waals surface area contributed by atoms with Crippen molar-refractivity contribution >= 4 is 28.1 Å². The first-order valence-corrected chi connectivity index (χ1v) is 7.48. The number of aromatic hydroxyl groups is 2. The number of benzene rings is 2. The van der Waals surface area contributed by atoms with Gasteiger partial charge in [0.25, 0.3) is 5.91 Å². The number of aryl methyl sites for hydroxylation is 1. The highest BCUT2D eigenvalue weighted by Gasteiger charge is 2.05. The summed E-state index contributed by atoms with van der Waals surface area (Å²) in [7, 11) is 0. The van der Waals surface area contributed by atoms with E-state index >= 15 is 0 Å². The highest BCUT2D eigenvalue weighted by Crippen LogP contribution is 2.25. The molecule has 23 heavy (non-hydrogen) atoms. The number of phenols is 2. The summed E-state index contributed by atoms with van der Waals surface area (Å²) in [5, 5.41) is 22.5. The number of hydrogen-bond donors (Lipinski definition) is 3. The van der Waals surface area contributed by atoms with E-state index in [1.807, 2.05) is 19.1 Å². The van der Waals surface area contributed by atoms with Crippen LogP contribution in [0, 0.1) is 6.92 Å². The topological polar surface area (TPSA) is 91.2 Å². The number of nitrogens with zero attached hydrogens (tertiary/aromatic N) is 1. The fraction of sp³-hybridized carbons (Fsp3) is 0.125. The van der Waals surface area contributed by atoms with E-state index in [0.29, 0.717) is 11.3 Å². The Labute approximate surface area is 141 Å². The molecule has 0 unspecified atom stereocenters. The van der Waals surface area contributed by atoms with Gasteiger partial charge in [0.15, 0.2) is 6.61 Å². The van der Waals surface area contributed by atoms with Crippen LogP contribution in [0.15, 0.2) is 46.0 Å². The number of hydrogen-bond acceptors (Lipinski definition) is 5. The van der Waals surface area contributed by atoms with Gasteiger partial charge >= 0.3 is 0 Å². The van der Waals surface area contributed by atoms with E-state index in [1.165, 1.54) is 24.4 Å². The molecule has 0 saturated heterocycles. The second kappa shape index (κ2) is 7.64. The minimum Gasteiger partial charge on any atom is -0.508 e. The summed E-state index contributed by atoms with van der Waals surface area (Å²) in [4.78, 5) is 11.7. The van der Waals surface area contributed by atoms with Crippen molar-refractivity contribution in [2.45, 2.75) is 6.92 Å². The van der Waals surface area contributed by atoms with Crippen molar-refractivity contribution in [1.29, 1.82) is 0 Å². The Morgan fingerprint density at radius 1 is 1.30 bits per heavy atom. The first-order valence-electron chi connectivity index (χ1n) is 6.68. The molecule has 1 amide bonds. The number of carbonyl (C=O) groups is 1. The Balaban J connectivity index is 1.86. The minimum absolute atomic E-state index is 0.0549. The number of phenolic OH excluding ortho intramolecular Hbond substituents is 2. The summed E-state index contributed by atoms with van der Waals surface area (Å²) >= 11 is 3.36. The average Bonchev–Trinajstić information content (AvgIpc) is 2.48. The molecular formula is C16H15BrN2O4. The molecule has 0 bridgehead atoms. The summed E-state index contributed by atoms with van der Waals surface area (Å²) in [5.74, 6) is -0.0681. The molecule has 6 nitrogen and oxygen atoms in total. The van der Waals surface area contributed by atoms with Crippen molar-refractivity contribution in [3.63, 3.8) is 0 Å². The van der Waals surface area contributed by atoms with Gasteiger partial charge in [0.2, 0.25) is 0 Å². The van der Waals surface area contributed by atoms with E-state index in [4.69, 9.17) is 4.74 Å². The molecule has 0 spiro atoms. The van der Waals surface area contributed by atoms with Crippen molar-refractivity contribution < 1.29 is 19.7 Å². The van der Waals surface area contributed by atoms with Crippen LogP contribution in [0.5, 0.6) is 17.2 Å². The van der Waals surface area contributed by atoms with Crippen LogP contribution in [0.3, 0.4) is 0 Å². The van der Waals surface area contributed by atoms with Gasteiger partial charge in [-0.3, -0.25) is 4.79 Å². The van der Waals surface area contributed by atoms with E-state index in [2.05, 4.69) is 26.5 Å². The monoisotopic (exact) mass is 378 g/mol. The Morgan fingerprint density at radius 2 is 2.09 bits per heavy atom. The molecule has 2 rings (SSSR count). The van der Waals surface area contributed by atoms with Crippen LogP contribution in [0.1, 0.15) is 11.1 Å². The predicted octanol–water partition coefficient (Wildman–Crippen LogP) is 2.70. The zero-order valence-electron chi connectivity index (χ0n) is 12.3. The van der Waals surface area contributed by atoms with Crippen molar-refractivity contribution in [2.24, 2.45) is 5.10 Å². The van der Waals surface area contributed by atoms with Crippen LogP contribution in [0.4, 0.5) is 0 Å². The lowest BCUT2D eigenvalue weighted by molar-refractivity contribution is -0.123. The molecule has 0 aromatic heterocycles. The van der Waals surface area contributed by atoms with Crippen LogP contribution >= 0.6 is 15.9 Å². The molecular weight excluding hydrogens is 364 g/mol. The maximum Gasteiger partial charge on any atom is 0.277 e. The second-order valence-corrected chi connectivity index (χ2v) is 5.61. The SMILES string of the molecule is Cc1ccc(OCC(=O)N/N=C\c2ccc(O)cc2O)c(Br)c1. The van der Waals surface area contributed by atoms with Gasteiger partial charge in [0.1, 0.15) is 17.2 Å². The zero-order valence-corrected chi connectivity index (χ0v) is 13.9. The molecule has 0 atom stereocenters. The number of amides is 1. The number of carbonyl (C=O) groups excluding carboxylic acids is 1. The first-order chi connectivity index (χ1) is 11.0. The van der Waals surface area contributed by atoms with E-state index in [-0.39, 0.29) is 18.1 Å². The third kappa shape index (κ3) is 5.00. The number of nitrogens with one attached hydrogen (secondary N) is 1. The maximum atomic E-state index is 11.7. The van der Waals surface area contributed by atoms with Gasteiger partial charge in [0.05, 0.1) is 10.7 Å². The van der Waals surface area contributed by atoms with Gasteiger partial charge in [-0.15, -0.1) is 0 Å². The van der Waals surface area contributed by atoms with Gasteiger partial charge in [-0.1, -0.05) is 6.07 Å².